The summed E-state index contributed by atoms with van der Waals surface area (Å²) in [6, 6.07) is 19.0. The predicted molar refractivity (Wildman–Crippen MR) is 147 cm³/mol. The van der Waals surface area contributed by atoms with Crippen molar-refractivity contribution in [3.05, 3.63) is 70.8 Å². The van der Waals surface area contributed by atoms with E-state index in [0.29, 0.717) is 11.8 Å². The standard InChI is InChI=1S/C32H48N2/c1-29(2)19-27(20-30(3,4)33-29)25-15-11-23(12-16-25)9-10-24-13-17-26(18-14-24)28-21-31(5,6)34-32(7,8)22-28/h11-18,27-28,33-34H,9-10,19-22H2,1-8H3. The minimum atomic E-state index is 0.191. The monoisotopic (exact) mass is 460 g/mol. The summed E-state index contributed by atoms with van der Waals surface area (Å²) in [4.78, 5) is 0. The van der Waals surface area contributed by atoms with Gasteiger partial charge in [-0.25, -0.2) is 0 Å². The molecule has 4 rings (SSSR count). The molecule has 2 aliphatic heterocycles. The first-order valence-electron chi connectivity index (χ1n) is 13.5. The quantitative estimate of drug-likeness (QED) is 0.482. The van der Waals surface area contributed by atoms with Crippen LogP contribution in [-0.2, 0) is 12.8 Å². The van der Waals surface area contributed by atoms with E-state index in [2.05, 4.69) is 115 Å². The van der Waals surface area contributed by atoms with Gasteiger partial charge in [-0.1, -0.05) is 48.5 Å². The zero-order valence-electron chi connectivity index (χ0n) is 23.0. The molecule has 186 valence electrons. The Hall–Kier alpha value is -1.64. The molecule has 2 N–H and O–H groups in total. The number of hydrogen-bond donors (Lipinski definition) is 2. The number of hydrogen-bond acceptors (Lipinski definition) is 2. The molecule has 2 heterocycles. The lowest BCUT2D eigenvalue weighted by Gasteiger charge is -2.46. The molecule has 0 radical (unpaired) electrons. The summed E-state index contributed by atoms with van der Waals surface area (Å²) in [5, 5.41) is 7.62. The minimum absolute atomic E-state index is 0.191. The lowest BCUT2D eigenvalue weighted by atomic mass is 9.73. The van der Waals surface area contributed by atoms with Gasteiger partial charge < -0.3 is 10.6 Å². The molecule has 2 aromatic carbocycles. The van der Waals surface area contributed by atoms with Gasteiger partial charge in [0.1, 0.15) is 0 Å². The fraction of sp³-hybridized carbons (Fsp3) is 0.625. The van der Waals surface area contributed by atoms with E-state index in [1.54, 1.807) is 0 Å². The molecule has 2 aromatic rings. The summed E-state index contributed by atoms with van der Waals surface area (Å²) in [5.74, 6) is 1.27. The van der Waals surface area contributed by atoms with Gasteiger partial charge in [-0.05, 0) is 128 Å². The highest BCUT2D eigenvalue weighted by atomic mass is 15.1. The highest BCUT2D eigenvalue weighted by Gasteiger charge is 2.39. The minimum Gasteiger partial charge on any atom is -0.307 e. The van der Waals surface area contributed by atoms with Crippen molar-refractivity contribution in [1.82, 2.24) is 10.6 Å². The fourth-order valence-corrected chi connectivity index (χ4v) is 7.32. The van der Waals surface area contributed by atoms with Crippen LogP contribution in [0.3, 0.4) is 0 Å². The number of benzene rings is 2. The SMILES string of the molecule is CC1(C)CC(c2ccc(CCc3ccc(C4CC(C)(C)NC(C)(C)C4)cc3)cc2)CC(C)(C)N1. The van der Waals surface area contributed by atoms with Crippen molar-refractivity contribution in [3.8, 4) is 0 Å². The third-order valence-electron chi connectivity index (χ3n) is 7.98. The molecule has 2 fully saturated rings. The van der Waals surface area contributed by atoms with Gasteiger partial charge in [0.05, 0.1) is 0 Å². The van der Waals surface area contributed by atoms with Crippen molar-refractivity contribution in [2.45, 2.75) is 128 Å². The van der Waals surface area contributed by atoms with E-state index in [9.17, 15) is 0 Å². The van der Waals surface area contributed by atoms with E-state index in [-0.39, 0.29) is 22.2 Å². The third-order valence-corrected chi connectivity index (χ3v) is 7.98. The van der Waals surface area contributed by atoms with Crippen molar-refractivity contribution >= 4 is 0 Å². The average Bonchev–Trinajstić information content (AvgIpc) is 2.68. The van der Waals surface area contributed by atoms with Gasteiger partial charge in [-0.2, -0.15) is 0 Å². The second kappa shape index (κ2) is 9.10. The Morgan fingerprint density at radius 1 is 0.500 bits per heavy atom. The molecule has 0 atom stereocenters. The zero-order chi connectivity index (χ0) is 24.8. The molecule has 0 spiro atoms. The van der Waals surface area contributed by atoms with Crippen LogP contribution in [0.4, 0.5) is 0 Å². The van der Waals surface area contributed by atoms with E-state index in [1.165, 1.54) is 47.9 Å². The topological polar surface area (TPSA) is 24.1 Å². The van der Waals surface area contributed by atoms with Crippen LogP contribution in [0.5, 0.6) is 0 Å². The Labute approximate surface area is 209 Å². The largest absolute Gasteiger partial charge is 0.307 e. The fourth-order valence-electron chi connectivity index (χ4n) is 7.32. The third kappa shape index (κ3) is 6.52. The normalized spacial score (nSPS) is 24.1. The molecule has 2 nitrogen and oxygen atoms in total. The molecule has 2 saturated heterocycles. The number of piperidine rings is 2. The summed E-state index contributed by atoms with van der Waals surface area (Å²) >= 11 is 0. The first kappa shape index (κ1) is 25.5. The van der Waals surface area contributed by atoms with E-state index in [1.807, 2.05) is 0 Å². The second-order valence-corrected chi connectivity index (χ2v) is 14.0. The Kier molecular flexibility index (Phi) is 6.81. The van der Waals surface area contributed by atoms with Gasteiger partial charge in [0.2, 0.25) is 0 Å². The number of nitrogens with one attached hydrogen (secondary N) is 2. The number of aryl methyl sites for hydroxylation is 2. The van der Waals surface area contributed by atoms with Crippen LogP contribution in [0.25, 0.3) is 0 Å². The lowest BCUT2D eigenvalue weighted by molar-refractivity contribution is 0.161. The Balaban J connectivity index is 1.35. The van der Waals surface area contributed by atoms with Crippen LogP contribution >= 0.6 is 0 Å². The molecular formula is C32H48N2. The van der Waals surface area contributed by atoms with Crippen molar-refractivity contribution in [1.29, 1.82) is 0 Å². The van der Waals surface area contributed by atoms with Gasteiger partial charge in [0.25, 0.3) is 0 Å². The average molecular weight is 461 g/mol. The Morgan fingerprint density at radius 2 is 0.765 bits per heavy atom. The molecular weight excluding hydrogens is 412 g/mol. The Bertz CT molecular complexity index is 850. The predicted octanol–water partition coefficient (Wildman–Crippen LogP) is 7.52. The maximum absolute atomic E-state index is 3.81. The smallest absolute Gasteiger partial charge is 0.0135 e. The second-order valence-electron chi connectivity index (χ2n) is 14.0. The summed E-state index contributed by atoms with van der Waals surface area (Å²) in [7, 11) is 0. The molecule has 0 bridgehead atoms. The van der Waals surface area contributed by atoms with Gasteiger partial charge in [0, 0.05) is 22.2 Å². The highest BCUT2D eigenvalue weighted by Crippen LogP contribution is 2.40. The summed E-state index contributed by atoms with van der Waals surface area (Å²) in [6.45, 7) is 18.7. The first-order chi connectivity index (χ1) is 15.7. The van der Waals surface area contributed by atoms with E-state index >= 15 is 0 Å². The highest BCUT2D eigenvalue weighted by molar-refractivity contribution is 5.30. The molecule has 0 aromatic heterocycles. The van der Waals surface area contributed by atoms with Crippen LogP contribution < -0.4 is 10.6 Å². The molecule has 0 amide bonds. The van der Waals surface area contributed by atoms with Crippen molar-refractivity contribution in [2.24, 2.45) is 0 Å². The van der Waals surface area contributed by atoms with E-state index in [0.717, 1.165) is 12.8 Å². The van der Waals surface area contributed by atoms with E-state index in [4.69, 9.17) is 0 Å². The van der Waals surface area contributed by atoms with Crippen LogP contribution in [0.2, 0.25) is 0 Å². The van der Waals surface area contributed by atoms with Crippen LogP contribution in [-0.4, -0.2) is 22.2 Å². The maximum atomic E-state index is 3.81. The van der Waals surface area contributed by atoms with Crippen molar-refractivity contribution < 1.29 is 0 Å². The molecule has 2 heteroatoms. The summed E-state index contributed by atoms with van der Waals surface area (Å²) in [6.07, 6.45) is 7.02. The van der Waals surface area contributed by atoms with Gasteiger partial charge in [-0.3, -0.25) is 0 Å². The van der Waals surface area contributed by atoms with Crippen LogP contribution in [0.1, 0.15) is 115 Å². The molecule has 0 unspecified atom stereocenters. The molecule has 34 heavy (non-hydrogen) atoms. The van der Waals surface area contributed by atoms with Crippen molar-refractivity contribution in [2.75, 3.05) is 0 Å². The molecule has 0 aliphatic carbocycles. The van der Waals surface area contributed by atoms with Crippen molar-refractivity contribution in [3.63, 3.8) is 0 Å². The van der Waals surface area contributed by atoms with Crippen LogP contribution in [0, 0.1) is 0 Å². The summed E-state index contributed by atoms with van der Waals surface area (Å²) < 4.78 is 0. The number of rotatable bonds is 5. The first-order valence-corrected chi connectivity index (χ1v) is 13.5. The molecule has 0 saturated carbocycles. The van der Waals surface area contributed by atoms with Crippen LogP contribution in [0.15, 0.2) is 48.5 Å². The lowest BCUT2D eigenvalue weighted by Crippen LogP contribution is -2.57. The molecule has 2 aliphatic rings. The van der Waals surface area contributed by atoms with Gasteiger partial charge >= 0.3 is 0 Å². The van der Waals surface area contributed by atoms with Gasteiger partial charge in [-0.15, -0.1) is 0 Å². The van der Waals surface area contributed by atoms with E-state index < -0.39 is 0 Å². The summed E-state index contributed by atoms with van der Waals surface area (Å²) in [5.41, 5.74) is 6.66. The maximum Gasteiger partial charge on any atom is 0.0135 e. The Morgan fingerprint density at radius 3 is 1.03 bits per heavy atom. The zero-order valence-corrected chi connectivity index (χ0v) is 23.0. The van der Waals surface area contributed by atoms with Gasteiger partial charge in [0.15, 0.2) is 0 Å².